The molecule has 0 aromatic heterocycles. The summed E-state index contributed by atoms with van der Waals surface area (Å²) in [5, 5.41) is 0.106. The maximum Gasteiger partial charge on any atom is 0.340 e. The Bertz CT molecular complexity index is 870. The predicted molar refractivity (Wildman–Crippen MR) is 100 cm³/mol. The van der Waals surface area contributed by atoms with Crippen molar-refractivity contribution in [3.05, 3.63) is 28.8 Å². The molecule has 4 fully saturated rings. The molecule has 0 N–H and O–H groups in total. The second-order valence-corrected chi connectivity index (χ2v) is 11.0. The van der Waals surface area contributed by atoms with E-state index in [1.807, 2.05) is 0 Å². The Morgan fingerprint density at radius 2 is 1.67 bits per heavy atom. The Balaban J connectivity index is 1.46. The lowest BCUT2D eigenvalue weighted by Gasteiger charge is -2.55. The van der Waals surface area contributed by atoms with Crippen LogP contribution in [0.25, 0.3) is 0 Å². The van der Waals surface area contributed by atoms with Crippen molar-refractivity contribution in [3.63, 3.8) is 0 Å². The number of ketones is 1. The molecule has 7 heteroatoms. The Kier molecular flexibility index (Phi) is 4.62. The lowest BCUT2D eigenvalue weighted by molar-refractivity contribution is -0.147. The van der Waals surface area contributed by atoms with Gasteiger partial charge in [-0.05, 0) is 74.5 Å². The molecule has 0 unspecified atom stereocenters. The van der Waals surface area contributed by atoms with Gasteiger partial charge in [-0.3, -0.25) is 4.79 Å². The van der Waals surface area contributed by atoms with Crippen LogP contribution in [0.3, 0.4) is 0 Å². The first-order chi connectivity index (χ1) is 12.7. The average molecular weight is 411 g/mol. The van der Waals surface area contributed by atoms with Crippen molar-refractivity contribution in [3.8, 4) is 0 Å². The fourth-order valence-corrected chi connectivity index (χ4v) is 6.55. The summed E-state index contributed by atoms with van der Waals surface area (Å²) in [4.78, 5) is 25.4. The second-order valence-electron chi connectivity index (χ2n) is 8.61. The third-order valence-electron chi connectivity index (χ3n) is 6.55. The van der Waals surface area contributed by atoms with E-state index < -0.39 is 15.8 Å². The van der Waals surface area contributed by atoms with Crippen LogP contribution < -0.4 is 0 Å². The van der Waals surface area contributed by atoms with Crippen molar-refractivity contribution in [2.24, 2.45) is 23.2 Å². The highest BCUT2D eigenvalue weighted by atomic mass is 35.5. The number of Topliss-reactive ketones (excluding diaryl/α,β-unsaturated/α-hetero) is 1. The lowest BCUT2D eigenvalue weighted by atomic mass is 9.48. The van der Waals surface area contributed by atoms with Gasteiger partial charge >= 0.3 is 5.97 Å². The summed E-state index contributed by atoms with van der Waals surface area (Å²) in [6, 6.07) is 3.90. The summed E-state index contributed by atoms with van der Waals surface area (Å²) in [5.41, 5.74) is -0.356. The highest BCUT2D eigenvalue weighted by molar-refractivity contribution is 7.90. The topological polar surface area (TPSA) is 77.5 Å². The quantitative estimate of drug-likeness (QED) is 0.692. The molecular weight excluding hydrogens is 388 g/mol. The van der Waals surface area contributed by atoms with Gasteiger partial charge in [-0.2, -0.15) is 0 Å². The maximum absolute atomic E-state index is 12.9. The maximum atomic E-state index is 12.9. The number of ether oxygens (including phenoxy) is 1. The molecule has 4 aliphatic rings. The fourth-order valence-electron chi connectivity index (χ4n) is 5.71. The third-order valence-corrected chi connectivity index (χ3v) is 7.99. The van der Waals surface area contributed by atoms with Crippen LogP contribution in [0.15, 0.2) is 23.1 Å². The number of benzene rings is 1. The van der Waals surface area contributed by atoms with Gasteiger partial charge in [0.15, 0.2) is 22.2 Å². The molecule has 27 heavy (non-hydrogen) atoms. The number of esters is 1. The van der Waals surface area contributed by atoms with E-state index in [2.05, 4.69) is 0 Å². The van der Waals surface area contributed by atoms with E-state index in [1.165, 1.54) is 37.5 Å². The molecule has 5 nitrogen and oxygen atoms in total. The first-order valence-electron chi connectivity index (χ1n) is 9.36. The Labute approximate surface area is 164 Å². The van der Waals surface area contributed by atoms with E-state index in [0.717, 1.165) is 25.5 Å². The number of sulfone groups is 1. The van der Waals surface area contributed by atoms with E-state index >= 15 is 0 Å². The van der Waals surface area contributed by atoms with Gasteiger partial charge in [0.2, 0.25) is 0 Å². The van der Waals surface area contributed by atoms with Gasteiger partial charge in [0, 0.05) is 11.7 Å². The number of carbonyl (C=O) groups is 2. The minimum absolute atomic E-state index is 0.00494. The summed E-state index contributed by atoms with van der Waals surface area (Å²) < 4.78 is 28.7. The highest BCUT2D eigenvalue weighted by Gasteiger charge is 2.54. The average Bonchev–Trinajstić information content (AvgIpc) is 2.57. The van der Waals surface area contributed by atoms with Crippen molar-refractivity contribution in [1.82, 2.24) is 0 Å². The molecule has 0 amide bonds. The van der Waals surface area contributed by atoms with Gasteiger partial charge in [0.25, 0.3) is 0 Å². The van der Waals surface area contributed by atoms with E-state index in [0.29, 0.717) is 17.8 Å². The number of halogens is 1. The molecular formula is C20H23ClO5S. The molecule has 0 atom stereocenters. The largest absolute Gasteiger partial charge is 0.454 e. The van der Waals surface area contributed by atoms with Gasteiger partial charge in [-0.15, -0.1) is 0 Å². The minimum atomic E-state index is -3.47. The monoisotopic (exact) mass is 410 g/mol. The first-order valence-corrected chi connectivity index (χ1v) is 11.6. The number of hydrogen-bond donors (Lipinski definition) is 0. The Hall–Kier alpha value is -1.40. The van der Waals surface area contributed by atoms with Gasteiger partial charge in [0.05, 0.1) is 15.5 Å². The first kappa shape index (κ1) is 18.9. The van der Waals surface area contributed by atoms with Crippen molar-refractivity contribution in [2.75, 3.05) is 12.9 Å². The van der Waals surface area contributed by atoms with Crippen LogP contribution in [0.2, 0.25) is 5.02 Å². The SMILES string of the molecule is CS(=O)(=O)c1ccc(Cl)c(C(=O)OCC(=O)C23CC4CC(CC(C4)C2)C3)c1. The smallest absolute Gasteiger partial charge is 0.340 e. The zero-order chi connectivity index (χ0) is 19.4. The van der Waals surface area contributed by atoms with Gasteiger partial charge < -0.3 is 4.74 Å². The van der Waals surface area contributed by atoms with Gasteiger partial charge in [-0.1, -0.05) is 11.6 Å². The Morgan fingerprint density at radius 1 is 1.11 bits per heavy atom. The molecule has 0 heterocycles. The normalized spacial score (nSPS) is 31.7. The Morgan fingerprint density at radius 3 is 2.19 bits per heavy atom. The summed E-state index contributed by atoms with van der Waals surface area (Å²) in [6.45, 7) is -0.273. The van der Waals surface area contributed by atoms with E-state index in [4.69, 9.17) is 16.3 Å². The van der Waals surface area contributed by atoms with Crippen molar-refractivity contribution < 1.29 is 22.7 Å². The molecule has 1 aromatic carbocycles. The van der Waals surface area contributed by atoms with Crippen molar-refractivity contribution in [2.45, 2.75) is 43.4 Å². The number of carbonyl (C=O) groups excluding carboxylic acids is 2. The highest BCUT2D eigenvalue weighted by Crippen LogP contribution is 2.60. The zero-order valence-electron chi connectivity index (χ0n) is 15.2. The molecule has 0 saturated heterocycles. The summed E-state index contributed by atoms with van der Waals surface area (Å²) >= 11 is 6.03. The van der Waals surface area contributed by atoms with E-state index in [9.17, 15) is 18.0 Å². The molecule has 0 spiro atoms. The minimum Gasteiger partial charge on any atom is -0.454 e. The van der Waals surface area contributed by atoms with Crippen LogP contribution in [0.4, 0.5) is 0 Å². The predicted octanol–water partition coefficient (Wildman–Crippen LogP) is 3.69. The van der Waals surface area contributed by atoms with E-state index in [1.54, 1.807) is 0 Å². The standard InChI is InChI=1S/C20H23ClO5S/c1-27(24,25)15-2-3-17(21)16(7-15)19(23)26-11-18(22)20-8-12-4-13(9-20)6-14(5-12)10-20/h2-3,7,12-14H,4-6,8-11H2,1H3. The molecule has 4 bridgehead atoms. The van der Waals surface area contributed by atoms with Gasteiger partial charge in [0.1, 0.15) is 0 Å². The lowest BCUT2D eigenvalue weighted by Crippen LogP contribution is -2.51. The van der Waals surface area contributed by atoms with Crippen LogP contribution >= 0.6 is 11.6 Å². The second kappa shape index (κ2) is 6.59. The fraction of sp³-hybridized carbons (Fsp3) is 0.600. The summed E-state index contributed by atoms with van der Waals surface area (Å²) in [7, 11) is -3.47. The number of rotatable bonds is 5. The van der Waals surface area contributed by atoms with Gasteiger partial charge in [-0.25, -0.2) is 13.2 Å². The van der Waals surface area contributed by atoms with Crippen LogP contribution in [0, 0.1) is 23.2 Å². The van der Waals surface area contributed by atoms with Crippen LogP contribution in [0.5, 0.6) is 0 Å². The van der Waals surface area contributed by atoms with E-state index in [-0.39, 0.29) is 33.3 Å². The molecule has 0 aliphatic heterocycles. The van der Waals surface area contributed by atoms with Crippen molar-refractivity contribution in [1.29, 1.82) is 0 Å². The number of hydrogen-bond acceptors (Lipinski definition) is 5. The van der Waals surface area contributed by atoms with Crippen molar-refractivity contribution >= 4 is 33.2 Å². The van der Waals surface area contributed by atoms with Crippen LogP contribution in [0.1, 0.15) is 48.9 Å². The van der Waals surface area contributed by atoms with Crippen LogP contribution in [-0.2, 0) is 19.4 Å². The summed E-state index contributed by atoms with van der Waals surface area (Å²) in [5.74, 6) is 1.15. The molecule has 1 aromatic rings. The molecule has 4 saturated carbocycles. The third kappa shape index (κ3) is 3.54. The molecule has 146 valence electrons. The molecule has 4 aliphatic carbocycles. The summed E-state index contributed by atoms with van der Waals surface area (Å²) in [6.07, 6.45) is 7.52. The molecule has 0 radical (unpaired) electrons. The van der Waals surface area contributed by atoms with Crippen LogP contribution in [-0.4, -0.2) is 33.0 Å². The zero-order valence-corrected chi connectivity index (χ0v) is 16.8. The molecule has 5 rings (SSSR count).